The van der Waals surface area contributed by atoms with Crippen LogP contribution in [0.2, 0.25) is 0 Å². The van der Waals surface area contributed by atoms with Gasteiger partial charge < -0.3 is 9.15 Å². The van der Waals surface area contributed by atoms with Crippen molar-refractivity contribution in [1.82, 2.24) is 0 Å². The third kappa shape index (κ3) is 3.14. The number of furan rings is 1. The van der Waals surface area contributed by atoms with Gasteiger partial charge in [-0.2, -0.15) is 0 Å². The molecule has 0 spiro atoms. The lowest BCUT2D eigenvalue weighted by atomic mass is 10.3. The van der Waals surface area contributed by atoms with Crippen molar-refractivity contribution < 1.29 is 22.4 Å². The Balaban J connectivity index is 1.94. The summed E-state index contributed by atoms with van der Waals surface area (Å²) in [4.78, 5) is 11.7. The molecular formula is C11H13BrO5S. The van der Waals surface area contributed by atoms with Gasteiger partial charge >= 0.3 is 5.97 Å². The van der Waals surface area contributed by atoms with Crippen molar-refractivity contribution in [2.75, 3.05) is 6.26 Å². The van der Waals surface area contributed by atoms with Crippen LogP contribution in [-0.2, 0) is 14.6 Å². The fourth-order valence-electron chi connectivity index (χ4n) is 2.03. The van der Waals surface area contributed by atoms with Crippen LogP contribution in [-0.4, -0.2) is 32.0 Å². The van der Waals surface area contributed by atoms with E-state index in [1.54, 1.807) is 6.07 Å². The predicted molar refractivity (Wildman–Crippen MR) is 68.1 cm³/mol. The highest BCUT2D eigenvalue weighted by atomic mass is 79.9. The average molecular weight is 337 g/mol. The molecule has 0 radical (unpaired) electrons. The second-order valence-electron chi connectivity index (χ2n) is 4.40. The Bertz CT molecular complexity index is 548. The number of hydrogen-bond acceptors (Lipinski definition) is 5. The number of ether oxygens (including phenoxy) is 1. The topological polar surface area (TPSA) is 73.6 Å². The van der Waals surface area contributed by atoms with E-state index in [2.05, 4.69) is 15.9 Å². The van der Waals surface area contributed by atoms with Gasteiger partial charge in [0.15, 0.2) is 4.67 Å². The lowest BCUT2D eigenvalue weighted by molar-refractivity contribution is 0.0281. The third-order valence-corrected chi connectivity index (χ3v) is 5.06. The Kier molecular flexibility index (Phi) is 3.82. The first-order valence-electron chi connectivity index (χ1n) is 5.51. The maximum absolute atomic E-state index is 11.7. The van der Waals surface area contributed by atoms with Gasteiger partial charge in [0.25, 0.3) is 0 Å². The van der Waals surface area contributed by atoms with Gasteiger partial charge in [-0.05, 0) is 40.9 Å². The number of sulfone groups is 1. The van der Waals surface area contributed by atoms with Gasteiger partial charge in [0.2, 0.25) is 5.76 Å². The summed E-state index contributed by atoms with van der Waals surface area (Å²) in [6.45, 7) is 0. The molecule has 0 amide bonds. The van der Waals surface area contributed by atoms with Crippen molar-refractivity contribution in [3.05, 3.63) is 22.6 Å². The van der Waals surface area contributed by atoms with E-state index in [1.165, 1.54) is 12.3 Å². The first-order chi connectivity index (χ1) is 8.36. The maximum Gasteiger partial charge on any atom is 0.374 e. The zero-order valence-electron chi connectivity index (χ0n) is 9.76. The van der Waals surface area contributed by atoms with Gasteiger partial charge in [0, 0.05) is 12.7 Å². The first-order valence-corrected chi connectivity index (χ1v) is 8.26. The highest BCUT2D eigenvalue weighted by Gasteiger charge is 2.34. The molecule has 5 nitrogen and oxygen atoms in total. The van der Waals surface area contributed by atoms with Gasteiger partial charge in [-0.25, -0.2) is 13.2 Å². The standard InChI is InChI=1S/C11H13BrO5S/c1-18(14,15)8-3-2-7(6-8)16-11(13)9-4-5-10(12)17-9/h4-5,7-8H,2-3,6H2,1H3/t7-,8+/m0/s1. The molecule has 0 aromatic carbocycles. The quantitative estimate of drug-likeness (QED) is 0.791. The Morgan fingerprint density at radius 3 is 2.67 bits per heavy atom. The summed E-state index contributed by atoms with van der Waals surface area (Å²) < 4.78 is 33.5. The summed E-state index contributed by atoms with van der Waals surface area (Å²) in [7, 11) is -3.05. The van der Waals surface area contributed by atoms with E-state index in [1.807, 2.05) is 0 Å². The van der Waals surface area contributed by atoms with E-state index in [-0.39, 0.29) is 11.9 Å². The minimum absolute atomic E-state index is 0.115. The Morgan fingerprint density at radius 1 is 1.44 bits per heavy atom. The van der Waals surface area contributed by atoms with Gasteiger partial charge in [0.1, 0.15) is 15.9 Å². The minimum atomic E-state index is -3.05. The van der Waals surface area contributed by atoms with E-state index in [0.717, 1.165) is 0 Å². The Morgan fingerprint density at radius 2 is 2.17 bits per heavy atom. The second-order valence-corrected chi connectivity index (χ2v) is 7.50. The fraction of sp³-hybridized carbons (Fsp3) is 0.545. The van der Waals surface area contributed by atoms with Crippen LogP contribution in [0.4, 0.5) is 0 Å². The zero-order valence-corrected chi connectivity index (χ0v) is 12.2. The maximum atomic E-state index is 11.7. The number of carbonyl (C=O) groups is 1. The van der Waals surface area contributed by atoms with Crippen LogP contribution < -0.4 is 0 Å². The van der Waals surface area contributed by atoms with E-state index >= 15 is 0 Å². The van der Waals surface area contributed by atoms with Crippen molar-refractivity contribution in [3.8, 4) is 0 Å². The molecule has 1 saturated carbocycles. The van der Waals surface area contributed by atoms with Crippen LogP contribution in [0.3, 0.4) is 0 Å². The van der Waals surface area contributed by atoms with Crippen LogP contribution in [0.25, 0.3) is 0 Å². The Labute approximate surface area is 114 Å². The summed E-state index contributed by atoms with van der Waals surface area (Å²) in [5.41, 5.74) is 0. The molecule has 100 valence electrons. The molecule has 18 heavy (non-hydrogen) atoms. The average Bonchev–Trinajstić information content (AvgIpc) is 2.85. The first kappa shape index (κ1) is 13.6. The molecule has 1 aromatic rings. The van der Waals surface area contributed by atoms with Crippen molar-refractivity contribution in [1.29, 1.82) is 0 Å². The molecule has 2 atom stereocenters. The van der Waals surface area contributed by atoms with Crippen LogP contribution in [0.15, 0.2) is 21.2 Å². The molecule has 0 unspecified atom stereocenters. The highest BCUT2D eigenvalue weighted by Crippen LogP contribution is 2.28. The Hall–Kier alpha value is -0.820. The normalized spacial score (nSPS) is 24.1. The van der Waals surface area contributed by atoms with Gasteiger partial charge in [-0.15, -0.1) is 0 Å². The lowest BCUT2D eigenvalue weighted by Gasteiger charge is -2.10. The van der Waals surface area contributed by atoms with Crippen LogP contribution >= 0.6 is 15.9 Å². The molecule has 0 saturated heterocycles. The van der Waals surface area contributed by atoms with Crippen LogP contribution in [0.5, 0.6) is 0 Å². The molecular weight excluding hydrogens is 324 g/mol. The fourth-order valence-corrected chi connectivity index (χ4v) is 3.47. The molecule has 2 rings (SSSR count). The van der Waals surface area contributed by atoms with Crippen LogP contribution in [0.1, 0.15) is 29.8 Å². The van der Waals surface area contributed by atoms with Crippen molar-refractivity contribution in [2.45, 2.75) is 30.6 Å². The summed E-state index contributed by atoms with van der Waals surface area (Å²) in [5.74, 6) is -0.440. The molecule has 0 bridgehead atoms. The van der Waals surface area contributed by atoms with Gasteiger partial charge in [-0.3, -0.25) is 0 Å². The van der Waals surface area contributed by atoms with E-state index in [0.29, 0.717) is 23.9 Å². The summed E-state index contributed by atoms with van der Waals surface area (Å²) in [5, 5.41) is -0.404. The van der Waals surface area contributed by atoms with Crippen LogP contribution in [0, 0.1) is 0 Å². The number of rotatable bonds is 3. The molecule has 0 N–H and O–H groups in total. The second kappa shape index (κ2) is 5.05. The van der Waals surface area contributed by atoms with Crippen molar-refractivity contribution >= 4 is 31.7 Å². The molecule has 1 aromatic heterocycles. The van der Waals surface area contributed by atoms with Gasteiger partial charge in [-0.1, -0.05) is 0 Å². The van der Waals surface area contributed by atoms with Crippen molar-refractivity contribution in [2.24, 2.45) is 0 Å². The minimum Gasteiger partial charge on any atom is -0.456 e. The monoisotopic (exact) mass is 336 g/mol. The number of hydrogen-bond donors (Lipinski definition) is 0. The largest absolute Gasteiger partial charge is 0.456 e. The zero-order chi connectivity index (χ0) is 13.3. The highest BCUT2D eigenvalue weighted by molar-refractivity contribution is 9.10. The van der Waals surface area contributed by atoms with E-state index < -0.39 is 21.1 Å². The number of carbonyl (C=O) groups excluding carboxylic acids is 1. The summed E-state index contributed by atoms with van der Waals surface area (Å²) in [6.07, 6.45) is 2.35. The molecule has 1 aliphatic carbocycles. The summed E-state index contributed by atoms with van der Waals surface area (Å²) in [6, 6.07) is 3.11. The third-order valence-electron chi connectivity index (χ3n) is 2.99. The number of halogens is 1. The molecule has 7 heteroatoms. The smallest absolute Gasteiger partial charge is 0.374 e. The van der Waals surface area contributed by atoms with Crippen molar-refractivity contribution in [3.63, 3.8) is 0 Å². The number of esters is 1. The lowest BCUT2D eigenvalue weighted by Crippen LogP contribution is -2.20. The summed E-state index contributed by atoms with van der Waals surface area (Å²) >= 11 is 3.10. The van der Waals surface area contributed by atoms with E-state index in [9.17, 15) is 13.2 Å². The predicted octanol–water partition coefficient (Wildman–Crippen LogP) is 2.16. The SMILES string of the molecule is CS(=O)(=O)[C@@H]1CC[C@H](OC(=O)c2ccc(Br)o2)C1. The molecule has 1 fully saturated rings. The molecule has 0 aliphatic heterocycles. The van der Waals surface area contributed by atoms with Gasteiger partial charge in [0.05, 0.1) is 5.25 Å². The molecule has 1 heterocycles. The molecule has 1 aliphatic rings. The van der Waals surface area contributed by atoms with E-state index in [4.69, 9.17) is 9.15 Å².